The number of nitrogen functional groups attached to an aromatic ring is 1. The van der Waals surface area contributed by atoms with Crippen LogP contribution in [-0.4, -0.2) is 97.2 Å². The van der Waals surface area contributed by atoms with Gasteiger partial charge in [0.15, 0.2) is 11.6 Å². The van der Waals surface area contributed by atoms with E-state index in [4.69, 9.17) is 15.6 Å². The van der Waals surface area contributed by atoms with E-state index in [1.54, 1.807) is 0 Å². The molecule has 204 valence electrons. The number of aromatic nitrogens is 2. The van der Waals surface area contributed by atoms with E-state index in [0.29, 0.717) is 45.4 Å². The Labute approximate surface area is 214 Å². The highest BCUT2D eigenvalue weighted by molar-refractivity contribution is 7.89. The van der Waals surface area contributed by atoms with Gasteiger partial charge in [0, 0.05) is 31.9 Å². The van der Waals surface area contributed by atoms with Crippen LogP contribution in [-0.2, 0) is 10.0 Å². The fraction of sp³-hybridized carbons (Fsp3) is 0.522. The van der Waals surface area contributed by atoms with Crippen LogP contribution < -0.4 is 15.8 Å². The van der Waals surface area contributed by atoms with Crippen LogP contribution >= 0.6 is 0 Å². The van der Waals surface area contributed by atoms with Gasteiger partial charge in [-0.2, -0.15) is 4.98 Å². The summed E-state index contributed by atoms with van der Waals surface area (Å²) in [6, 6.07) is 1.87. The average molecular weight is 543 g/mol. The molecule has 2 aromatic rings. The second kappa shape index (κ2) is 12.5. The minimum absolute atomic E-state index is 0.0263. The van der Waals surface area contributed by atoms with Gasteiger partial charge in [0.05, 0.1) is 25.0 Å². The van der Waals surface area contributed by atoms with Gasteiger partial charge in [-0.25, -0.2) is 26.5 Å². The molecule has 0 saturated carbocycles. The molecule has 11 nitrogen and oxygen atoms in total. The first-order valence-corrected chi connectivity index (χ1v) is 13.4. The molecule has 1 fully saturated rings. The van der Waals surface area contributed by atoms with Gasteiger partial charge in [0.25, 0.3) is 0 Å². The molecule has 0 atom stereocenters. The summed E-state index contributed by atoms with van der Waals surface area (Å²) in [5, 5.41) is 12.0. The van der Waals surface area contributed by atoms with Crippen LogP contribution in [0.2, 0.25) is 0 Å². The summed E-state index contributed by atoms with van der Waals surface area (Å²) in [6.07, 6.45) is 2.63. The van der Waals surface area contributed by atoms with Crippen molar-refractivity contribution in [3.05, 3.63) is 41.1 Å². The van der Waals surface area contributed by atoms with E-state index in [1.165, 1.54) is 11.4 Å². The van der Waals surface area contributed by atoms with Gasteiger partial charge in [0.2, 0.25) is 21.8 Å². The number of nitrogens with one attached hydrogen (secondary N) is 1. The lowest BCUT2D eigenvalue weighted by Crippen LogP contribution is -2.43. The van der Waals surface area contributed by atoms with Gasteiger partial charge in [-0.15, -0.1) is 0 Å². The number of piperidine rings is 1. The number of aliphatic hydroxyl groups is 1. The van der Waals surface area contributed by atoms with Crippen molar-refractivity contribution >= 4 is 27.6 Å². The number of ketones is 1. The van der Waals surface area contributed by atoms with Crippen molar-refractivity contribution in [2.45, 2.75) is 25.3 Å². The number of hydrogen-bond acceptors (Lipinski definition) is 10. The summed E-state index contributed by atoms with van der Waals surface area (Å²) in [4.78, 5) is 22.9. The molecule has 1 aromatic heterocycles. The summed E-state index contributed by atoms with van der Waals surface area (Å²) in [5.74, 6) is -3.68. The van der Waals surface area contributed by atoms with E-state index in [1.807, 2.05) is 11.9 Å². The van der Waals surface area contributed by atoms with Crippen LogP contribution in [0, 0.1) is 11.6 Å². The van der Waals surface area contributed by atoms with E-state index in [0.717, 1.165) is 18.3 Å². The van der Waals surface area contributed by atoms with Crippen LogP contribution in [0.15, 0.2) is 18.3 Å². The number of halogens is 2. The number of ether oxygens (including phenoxy) is 1. The van der Waals surface area contributed by atoms with Gasteiger partial charge in [-0.1, -0.05) is 0 Å². The third-order valence-electron chi connectivity index (χ3n) is 6.17. The Morgan fingerprint density at radius 2 is 2.00 bits per heavy atom. The molecule has 0 unspecified atom stereocenters. The first-order chi connectivity index (χ1) is 17.6. The molecule has 1 aromatic carbocycles. The summed E-state index contributed by atoms with van der Waals surface area (Å²) in [5.41, 5.74) is 5.12. The Hall–Kier alpha value is -2.94. The largest absolute Gasteiger partial charge is 0.496 e. The zero-order valence-electron chi connectivity index (χ0n) is 20.8. The number of benzene rings is 1. The van der Waals surface area contributed by atoms with E-state index in [2.05, 4.69) is 15.3 Å². The van der Waals surface area contributed by atoms with Crippen LogP contribution in [0.25, 0.3) is 0 Å². The van der Waals surface area contributed by atoms with Gasteiger partial charge >= 0.3 is 0 Å². The Morgan fingerprint density at radius 1 is 1.30 bits per heavy atom. The minimum atomic E-state index is -3.39. The van der Waals surface area contributed by atoms with Gasteiger partial charge < -0.3 is 25.8 Å². The maximum absolute atomic E-state index is 14.3. The Morgan fingerprint density at radius 3 is 2.62 bits per heavy atom. The summed E-state index contributed by atoms with van der Waals surface area (Å²) in [6.45, 7) is 1.76. The van der Waals surface area contributed by atoms with Crippen molar-refractivity contribution in [3.63, 3.8) is 0 Å². The zero-order valence-corrected chi connectivity index (χ0v) is 21.6. The molecule has 1 aliphatic heterocycles. The molecule has 0 bridgehead atoms. The predicted octanol–water partition coefficient (Wildman–Crippen LogP) is 1.10. The molecule has 1 saturated heterocycles. The average Bonchev–Trinajstić information content (AvgIpc) is 2.85. The Kier molecular flexibility index (Phi) is 9.70. The third kappa shape index (κ3) is 7.09. The number of nitrogens with zero attached hydrogens (tertiary/aromatic N) is 4. The number of sulfonamides is 1. The number of hydrogen-bond donors (Lipinski definition) is 3. The molecule has 37 heavy (non-hydrogen) atoms. The van der Waals surface area contributed by atoms with E-state index in [9.17, 15) is 22.0 Å². The first kappa shape index (κ1) is 28.6. The lowest BCUT2D eigenvalue weighted by molar-refractivity contribution is 0.103. The molecule has 0 radical (unpaired) electrons. The summed E-state index contributed by atoms with van der Waals surface area (Å²) >= 11 is 0. The van der Waals surface area contributed by atoms with Crippen molar-refractivity contribution in [3.8, 4) is 5.75 Å². The molecule has 0 aliphatic carbocycles. The molecule has 14 heteroatoms. The highest BCUT2D eigenvalue weighted by Crippen LogP contribution is 2.28. The lowest BCUT2D eigenvalue weighted by atomic mass is 10.0. The number of anilines is 2. The SMILES string of the molecule is COc1ccc(F)c(F)c1C(=O)c1cnc(NC2CCN(S(=O)(=O)CCCN(C)CCO)CC2)nc1N. The van der Waals surface area contributed by atoms with Gasteiger partial charge in [-0.05, 0) is 45.0 Å². The number of aliphatic hydroxyl groups excluding tert-OH is 1. The predicted molar refractivity (Wildman–Crippen MR) is 134 cm³/mol. The van der Waals surface area contributed by atoms with Crippen molar-refractivity contribution in [2.75, 3.05) is 63.7 Å². The summed E-state index contributed by atoms with van der Waals surface area (Å²) < 4.78 is 59.8. The van der Waals surface area contributed by atoms with Gasteiger partial charge in [-0.3, -0.25) is 4.79 Å². The van der Waals surface area contributed by atoms with Crippen molar-refractivity contribution < 1.29 is 31.8 Å². The maximum Gasteiger partial charge on any atom is 0.224 e. The molecule has 3 rings (SSSR count). The van der Waals surface area contributed by atoms with E-state index >= 15 is 0 Å². The number of carbonyl (C=O) groups is 1. The smallest absolute Gasteiger partial charge is 0.224 e. The maximum atomic E-state index is 14.3. The highest BCUT2D eigenvalue weighted by atomic mass is 32.2. The van der Waals surface area contributed by atoms with Crippen LogP contribution in [0.1, 0.15) is 35.2 Å². The molecule has 4 N–H and O–H groups in total. The Bertz CT molecular complexity index is 1210. The quantitative estimate of drug-likeness (QED) is 0.333. The van der Waals surface area contributed by atoms with Gasteiger partial charge in [0.1, 0.15) is 17.1 Å². The minimum Gasteiger partial charge on any atom is -0.496 e. The molecule has 0 spiro atoms. The standard InChI is InChI=1S/C23H32F2N6O5S/c1-30(11-12-32)8-3-13-37(34,35)31-9-6-15(7-10-31)28-23-27-14-16(22(26)29-23)21(33)19-18(36-2)5-4-17(24)20(19)25/h4-5,14-15,32H,3,6-13H2,1-2H3,(H3,26,27,28,29). The number of rotatable bonds is 12. The number of likely N-dealkylation sites (N-methyl/N-ethyl adjacent to an activating group) is 1. The molecular weight excluding hydrogens is 510 g/mol. The fourth-order valence-corrected chi connectivity index (χ4v) is 5.60. The van der Waals surface area contributed by atoms with Crippen molar-refractivity contribution in [1.82, 2.24) is 19.2 Å². The zero-order chi connectivity index (χ0) is 27.2. The Balaban J connectivity index is 1.59. The summed E-state index contributed by atoms with van der Waals surface area (Å²) in [7, 11) is -0.337. The fourth-order valence-electron chi connectivity index (χ4n) is 4.08. The van der Waals surface area contributed by atoms with E-state index in [-0.39, 0.29) is 41.5 Å². The second-order valence-corrected chi connectivity index (χ2v) is 10.9. The van der Waals surface area contributed by atoms with Crippen molar-refractivity contribution in [1.29, 1.82) is 0 Å². The third-order valence-corrected chi connectivity index (χ3v) is 8.13. The molecular formula is C23H32F2N6O5S. The van der Waals surface area contributed by atoms with Crippen LogP contribution in [0.4, 0.5) is 20.5 Å². The number of carbonyl (C=O) groups excluding carboxylic acids is 1. The van der Waals surface area contributed by atoms with E-state index < -0.39 is 33.0 Å². The number of methoxy groups -OCH3 is 1. The first-order valence-electron chi connectivity index (χ1n) is 11.8. The lowest BCUT2D eigenvalue weighted by Gasteiger charge is -2.31. The molecule has 2 heterocycles. The molecule has 0 amide bonds. The molecule has 1 aliphatic rings. The monoisotopic (exact) mass is 542 g/mol. The highest BCUT2D eigenvalue weighted by Gasteiger charge is 2.29. The van der Waals surface area contributed by atoms with Crippen LogP contribution in [0.5, 0.6) is 5.75 Å². The van der Waals surface area contributed by atoms with Crippen molar-refractivity contribution in [2.24, 2.45) is 0 Å². The normalized spacial score (nSPS) is 15.2. The van der Waals surface area contributed by atoms with Crippen LogP contribution in [0.3, 0.4) is 0 Å². The second-order valence-electron chi connectivity index (χ2n) is 8.77. The topological polar surface area (TPSA) is 151 Å². The number of nitrogens with two attached hydrogens (primary N) is 1.